The number of fused-ring (bicyclic) bond motifs is 4. The molecule has 0 radical (unpaired) electrons. The lowest BCUT2D eigenvalue weighted by molar-refractivity contribution is -0.148. The Hall–Kier alpha value is -4.07. The Bertz CT molecular complexity index is 2300. The summed E-state index contributed by atoms with van der Waals surface area (Å²) in [5.41, 5.74) is 5.81. The second-order valence-corrected chi connectivity index (χ2v) is 18.4. The number of ketones is 1. The quantitative estimate of drug-likeness (QED) is 0.146. The highest BCUT2D eigenvalue weighted by Gasteiger charge is 2.58. The number of nitrogens with one attached hydrogen (secondary N) is 1. The number of rotatable bonds is 10. The minimum absolute atomic E-state index is 0.0490. The molecular formula is C44H51Cl2N7O5. The molecule has 3 aliphatic carbocycles. The van der Waals surface area contributed by atoms with E-state index in [-0.39, 0.29) is 29.6 Å². The summed E-state index contributed by atoms with van der Waals surface area (Å²) < 4.78 is 3.80. The van der Waals surface area contributed by atoms with Crippen molar-refractivity contribution in [3.05, 3.63) is 86.4 Å². The first-order valence-corrected chi connectivity index (χ1v) is 21.5. The zero-order chi connectivity index (χ0) is 40.5. The number of aliphatic hydroxyl groups excluding tert-OH is 1. The predicted octanol–water partition coefficient (Wildman–Crippen LogP) is 6.86. The molecule has 12 nitrogen and oxygen atoms in total. The van der Waals surface area contributed by atoms with Crippen molar-refractivity contribution >= 4 is 46.5 Å². The molecule has 3 fully saturated rings. The van der Waals surface area contributed by atoms with Crippen LogP contribution in [-0.4, -0.2) is 88.6 Å². The van der Waals surface area contributed by atoms with Crippen molar-refractivity contribution in [3.63, 3.8) is 0 Å². The molecule has 4 aromatic rings. The summed E-state index contributed by atoms with van der Waals surface area (Å²) in [7, 11) is 3.78. The highest BCUT2D eigenvalue weighted by Crippen LogP contribution is 2.62. The summed E-state index contributed by atoms with van der Waals surface area (Å²) >= 11 is 14.1. The molecule has 0 saturated heterocycles. The van der Waals surface area contributed by atoms with Crippen LogP contribution in [0, 0.1) is 10.8 Å². The fourth-order valence-corrected chi connectivity index (χ4v) is 11.5. The van der Waals surface area contributed by atoms with Crippen molar-refractivity contribution in [1.29, 1.82) is 0 Å². The summed E-state index contributed by atoms with van der Waals surface area (Å²) in [6, 6.07) is 11.4. The number of carboxylic acids is 1. The number of hydrogen-bond donors (Lipinski definition) is 3. The molecule has 0 spiro atoms. The number of aromatic nitrogens is 4. The normalized spacial score (nSPS) is 25.7. The number of anilines is 1. The van der Waals surface area contributed by atoms with Gasteiger partial charge in [0, 0.05) is 94.6 Å². The third-order valence-electron chi connectivity index (χ3n) is 14.2. The fourth-order valence-electron chi connectivity index (χ4n) is 11.0. The minimum Gasteiger partial charge on any atom is -0.481 e. The van der Waals surface area contributed by atoms with E-state index < -0.39 is 11.4 Å². The van der Waals surface area contributed by atoms with E-state index in [1.807, 2.05) is 53.6 Å². The summed E-state index contributed by atoms with van der Waals surface area (Å²) in [6.07, 6.45) is 9.26. The van der Waals surface area contributed by atoms with Crippen molar-refractivity contribution < 1.29 is 24.6 Å². The van der Waals surface area contributed by atoms with Gasteiger partial charge in [-0.05, 0) is 74.8 Å². The zero-order valence-corrected chi connectivity index (χ0v) is 34.7. The number of carbonyl (C=O) groups excluding carboxylic acids is 2. The summed E-state index contributed by atoms with van der Waals surface area (Å²) in [6.45, 7) is 3.94. The van der Waals surface area contributed by atoms with Crippen molar-refractivity contribution in [2.24, 2.45) is 24.9 Å². The van der Waals surface area contributed by atoms with Gasteiger partial charge >= 0.3 is 5.97 Å². The van der Waals surface area contributed by atoms with Crippen molar-refractivity contribution in [3.8, 4) is 11.1 Å². The van der Waals surface area contributed by atoms with Crippen LogP contribution >= 0.6 is 23.2 Å². The Labute approximate surface area is 348 Å². The second-order valence-electron chi connectivity index (χ2n) is 17.7. The van der Waals surface area contributed by atoms with Crippen molar-refractivity contribution in [1.82, 2.24) is 28.9 Å². The number of aliphatic hydroxyl groups is 1. The number of imidazole rings is 2. The number of amides is 1. The van der Waals surface area contributed by atoms with Gasteiger partial charge in [-0.3, -0.25) is 24.2 Å². The molecule has 3 N–H and O–H groups in total. The van der Waals surface area contributed by atoms with Gasteiger partial charge in [0.1, 0.15) is 0 Å². The van der Waals surface area contributed by atoms with Gasteiger partial charge < -0.3 is 24.7 Å². The van der Waals surface area contributed by atoms with Crippen LogP contribution < -0.4 is 5.32 Å². The van der Waals surface area contributed by atoms with Crippen LogP contribution in [0.5, 0.6) is 0 Å². The standard InChI is InChI=1S/C44H51Cl2N7O5/c1-50-35-14-20-53(27-9-11-28(54)12-10-27)23-33(35)47-39(50)36(55)21-26-5-3-6-29(37(26)45)30-7-4-8-31(38(30)46)49-41(56)40-48-32-22-52(19-13-34(32)51(40)2)25-43-15-17-44(24-43,18-16-43)42(57)58/h3-8,27-28,54H,9-25H2,1-2H3,(H,49,56)(H,57,58). The van der Waals surface area contributed by atoms with Crippen molar-refractivity contribution in [2.45, 2.75) is 102 Å². The van der Waals surface area contributed by atoms with Crippen LogP contribution in [0.15, 0.2) is 36.4 Å². The topological polar surface area (TPSA) is 146 Å². The van der Waals surface area contributed by atoms with Gasteiger partial charge in [-0.2, -0.15) is 0 Å². The summed E-state index contributed by atoms with van der Waals surface area (Å²) in [5, 5.41) is 23.6. The largest absolute Gasteiger partial charge is 0.481 e. The van der Waals surface area contributed by atoms with Gasteiger partial charge in [0.2, 0.25) is 5.78 Å². The summed E-state index contributed by atoms with van der Waals surface area (Å²) in [4.78, 5) is 54.1. The van der Waals surface area contributed by atoms with E-state index in [2.05, 4.69) is 15.1 Å². The Morgan fingerprint density at radius 1 is 0.828 bits per heavy atom. The van der Waals surface area contributed by atoms with Crippen LogP contribution in [0.2, 0.25) is 10.0 Å². The lowest BCUT2D eigenvalue weighted by atomic mass is 9.81. The van der Waals surface area contributed by atoms with E-state index >= 15 is 0 Å². The molecule has 4 heterocycles. The smallest absolute Gasteiger partial charge is 0.309 e. The van der Waals surface area contributed by atoms with Crippen LogP contribution in [0.3, 0.4) is 0 Å². The molecule has 2 aliphatic heterocycles. The SMILES string of the molecule is Cn1c(C(=O)Cc2cccc(-c3cccc(NC(=O)c4nc5c(n4C)CCN(CC46CCC(C(=O)O)(CC4)C6)C5)c3Cl)c2Cl)nc2c1CCN(C1CCC(O)CC1)C2. The van der Waals surface area contributed by atoms with E-state index in [0.717, 1.165) is 113 Å². The van der Waals surface area contributed by atoms with Gasteiger partial charge in [-0.25, -0.2) is 9.97 Å². The van der Waals surface area contributed by atoms with Crippen molar-refractivity contribution in [2.75, 3.05) is 25.0 Å². The molecule has 2 aromatic carbocycles. The molecule has 9 rings (SSSR count). The molecule has 3 saturated carbocycles. The Balaban J connectivity index is 0.876. The maximum atomic E-state index is 13.8. The van der Waals surface area contributed by atoms with Crippen LogP contribution in [-0.2, 0) is 51.2 Å². The second kappa shape index (κ2) is 15.2. The number of hydrogen-bond acceptors (Lipinski definition) is 8. The molecular weight excluding hydrogens is 777 g/mol. The molecule has 5 aliphatic rings. The number of benzene rings is 2. The lowest BCUT2D eigenvalue weighted by Gasteiger charge is -2.37. The number of carbonyl (C=O) groups is 3. The number of carboxylic acid groups (broad SMARTS) is 1. The van der Waals surface area contributed by atoms with Gasteiger partial charge in [0.25, 0.3) is 5.91 Å². The minimum atomic E-state index is -0.646. The highest BCUT2D eigenvalue weighted by atomic mass is 35.5. The molecule has 2 aromatic heterocycles. The van der Waals surface area contributed by atoms with E-state index in [9.17, 15) is 24.6 Å². The summed E-state index contributed by atoms with van der Waals surface area (Å²) in [5.74, 6) is -0.412. The molecule has 0 unspecified atom stereocenters. The van der Waals surface area contributed by atoms with E-state index in [4.69, 9.17) is 33.2 Å². The fraction of sp³-hybridized carbons (Fsp3) is 0.523. The predicted molar refractivity (Wildman–Crippen MR) is 221 cm³/mol. The molecule has 1 amide bonds. The molecule has 14 heteroatoms. The number of nitrogens with zero attached hydrogens (tertiary/aromatic N) is 6. The van der Waals surface area contributed by atoms with Crippen LogP contribution in [0.25, 0.3) is 11.1 Å². The molecule has 306 valence electrons. The average Bonchev–Trinajstić information content (AvgIpc) is 3.96. The Kier molecular flexibility index (Phi) is 10.3. The molecule has 0 atom stereocenters. The first-order valence-electron chi connectivity index (χ1n) is 20.7. The Morgan fingerprint density at radius 3 is 2.17 bits per heavy atom. The third-order valence-corrected chi connectivity index (χ3v) is 15.1. The van der Waals surface area contributed by atoms with E-state index in [1.54, 1.807) is 6.07 Å². The first-order chi connectivity index (χ1) is 27.8. The number of Topliss-reactive ketones (excluding diaryl/α,β-unsaturated/α-hetero) is 1. The van der Waals surface area contributed by atoms with E-state index in [1.165, 1.54) is 0 Å². The lowest BCUT2D eigenvalue weighted by Crippen LogP contribution is -2.42. The van der Waals surface area contributed by atoms with E-state index in [0.29, 0.717) is 63.2 Å². The van der Waals surface area contributed by atoms with Crippen LogP contribution in [0.1, 0.15) is 107 Å². The number of halogens is 2. The monoisotopic (exact) mass is 827 g/mol. The molecule has 58 heavy (non-hydrogen) atoms. The third kappa shape index (κ3) is 6.98. The van der Waals surface area contributed by atoms with Gasteiger partial charge in [0.15, 0.2) is 11.6 Å². The highest BCUT2D eigenvalue weighted by molar-refractivity contribution is 6.39. The maximum absolute atomic E-state index is 13.8. The Morgan fingerprint density at radius 2 is 1.47 bits per heavy atom. The molecule has 2 bridgehead atoms. The van der Waals surface area contributed by atoms with Gasteiger partial charge in [0.05, 0.1) is 38.6 Å². The average molecular weight is 829 g/mol. The van der Waals surface area contributed by atoms with Gasteiger partial charge in [-0.1, -0.05) is 53.5 Å². The maximum Gasteiger partial charge on any atom is 0.309 e. The zero-order valence-electron chi connectivity index (χ0n) is 33.2. The first kappa shape index (κ1) is 39.4. The number of aliphatic carboxylic acids is 1. The van der Waals surface area contributed by atoms with Gasteiger partial charge in [-0.15, -0.1) is 0 Å². The van der Waals surface area contributed by atoms with Crippen LogP contribution in [0.4, 0.5) is 5.69 Å².